The summed E-state index contributed by atoms with van der Waals surface area (Å²) in [6.45, 7) is 0. The zero-order chi connectivity index (χ0) is 6.41. The predicted molar refractivity (Wildman–Crippen MR) is 6.65 cm³/mol. The summed E-state index contributed by atoms with van der Waals surface area (Å²) in [5.41, 5.74) is 0. The van der Waals surface area contributed by atoms with Gasteiger partial charge in [-0.1, -0.05) is 0 Å². The Labute approximate surface area is 38.5 Å². The summed E-state index contributed by atoms with van der Waals surface area (Å²) < 4.78 is 59.7. The van der Waals surface area contributed by atoms with Crippen LogP contribution in [0, 0.1) is 28.9 Å². The summed E-state index contributed by atoms with van der Waals surface area (Å²) in [6.07, 6.45) is 0. The number of rotatable bonds is 0. The first-order valence-electron chi connectivity index (χ1n) is 1.31. The van der Waals surface area contributed by atoms with Crippen LogP contribution < -0.4 is 0 Å². The average molecular weight is 253 g/mol. The van der Waals surface area contributed by atoms with Gasteiger partial charge in [-0.25, -0.2) is 0 Å². The predicted octanol–water partition coefficient (Wildman–Crippen LogP) is 2.52. The summed E-state index contributed by atoms with van der Waals surface area (Å²) in [4.78, 5) is 0. The molecule has 0 aliphatic carbocycles. The molecular weight excluding hydrogens is 253 g/mol. The molecule has 7 heteroatoms. The molecule has 0 spiro atoms. The van der Waals surface area contributed by atoms with Crippen LogP contribution in [-0.4, -0.2) is 0 Å². The van der Waals surface area contributed by atoms with Crippen molar-refractivity contribution in [3.05, 3.63) is 0 Å². The van der Waals surface area contributed by atoms with Crippen LogP contribution in [0.15, 0.2) is 0 Å². The van der Waals surface area contributed by atoms with Crippen LogP contribution in [-0.2, 0) is 0 Å². The Bertz CT molecular complexity index is 62.7. The van der Waals surface area contributed by atoms with Gasteiger partial charge in [-0.05, 0) is 0 Å². The quantitative estimate of drug-likeness (QED) is 0.582. The second-order valence-electron chi connectivity index (χ2n) is 1.24. The maximum atomic E-state index is 9.94. The normalized spacial score (nSPS) is 23.1. The molecule has 0 aliphatic rings. The van der Waals surface area contributed by atoms with Crippen LogP contribution in [0.5, 0.6) is 0 Å². The van der Waals surface area contributed by atoms with E-state index in [4.69, 9.17) is 0 Å². The number of hydrogen-bond acceptors (Lipinski definition) is 0. The maximum absolute atomic E-state index is 11.4. The van der Waals surface area contributed by atoms with Crippen LogP contribution in [0.1, 0.15) is 0 Å². The third kappa shape index (κ3) is 257. The molecule has 7 heavy (non-hydrogen) atoms. The minimum atomic E-state index is -11.4. The Morgan fingerprint density at radius 1 is 0.571 bits per heavy atom. The van der Waals surface area contributed by atoms with E-state index in [-0.39, 0.29) is 0 Å². The summed E-state index contributed by atoms with van der Waals surface area (Å²) in [5, 5.41) is 0. The Morgan fingerprint density at radius 3 is 0.571 bits per heavy atom. The molecule has 0 heterocycles. The molecule has 0 bridgehead atoms. The number of hydrogen-bond donors (Lipinski definition) is 0. The van der Waals surface area contributed by atoms with Crippen LogP contribution in [0.2, 0.25) is 0 Å². The molecule has 0 saturated carbocycles. The molecule has 0 saturated heterocycles. The second kappa shape index (κ2) is 0.908. The van der Waals surface area contributed by atoms with Crippen molar-refractivity contribution in [3.63, 3.8) is 0 Å². The van der Waals surface area contributed by atoms with Crippen LogP contribution >= 0.6 is 0 Å². The summed E-state index contributed by atoms with van der Waals surface area (Å²) in [5.74, 6) is 0. The molecule has 0 fully saturated rings. The van der Waals surface area contributed by atoms with Gasteiger partial charge < -0.3 is 0 Å². The summed E-state index contributed by atoms with van der Waals surface area (Å²) in [6, 6.07) is 0. The number of halogens is 6. The standard InChI is InChI=1S/6FH.La/h6*1H;/q;;;;;;+6/p-6. The average Bonchev–Trinajstić information content (AvgIpc) is 0.592. The van der Waals surface area contributed by atoms with E-state index in [1.165, 1.54) is 0 Å². The second-order valence-corrected chi connectivity index (χ2v) is 9.01. The van der Waals surface area contributed by atoms with Gasteiger partial charge in [-0.2, -0.15) is 0 Å². The molecule has 0 aromatic rings. The van der Waals surface area contributed by atoms with E-state index in [1.54, 1.807) is 0 Å². The van der Waals surface area contributed by atoms with Crippen molar-refractivity contribution in [1.29, 1.82) is 0 Å². The molecule has 0 aliphatic heterocycles. The van der Waals surface area contributed by atoms with Gasteiger partial charge in [0.15, 0.2) is 0 Å². The van der Waals surface area contributed by atoms with E-state index in [0.717, 1.165) is 0 Å². The van der Waals surface area contributed by atoms with Crippen molar-refractivity contribution in [3.8, 4) is 0 Å². The van der Waals surface area contributed by atoms with Gasteiger partial charge in [-0.15, -0.1) is 0 Å². The van der Waals surface area contributed by atoms with E-state index >= 15 is 0 Å². The summed E-state index contributed by atoms with van der Waals surface area (Å²) in [7, 11) is 0. The van der Waals surface area contributed by atoms with Gasteiger partial charge in [0.1, 0.15) is 0 Å². The van der Waals surface area contributed by atoms with Crippen molar-refractivity contribution in [2.24, 2.45) is 0 Å². The first-order valence-corrected chi connectivity index (χ1v) is 9.53. The molecule has 0 amide bonds. The van der Waals surface area contributed by atoms with E-state index < -0.39 is 28.9 Å². The Kier molecular flexibility index (Phi) is 1.01. The molecule has 0 aromatic carbocycles. The van der Waals surface area contributed by atoms with Crippen molar-refractivity contribution in [1.82, 2.24) is 0 Å². The zero-order valence-electron chi connectivity index (χ0n) is 2.85. The van der Waals surface area contributed by atoms with Crippen LogP contribution in [0.25, 0.3) is 0 Å². The van der Waals surface area contributed by atoms with Crippen molar-refractivity contribution < 1.29 is 38.5 Å². The Morgan fingerprint density at radius 2 is 0.571 bits per heavy atom. The van der Waals surface area contributed by atoms with Gasteiger partial charge in [0.2, 0.25) is 0 Å². The molecule has 45 valence electrons. The molecule has 0 rings (SSSR count). The van der Waals surface area contributed by atoms with Gasteiger partial charge in [0, 0.05) is 0 Å². The topological polar surface area (TPSA) is 0 Å². The van der Waals surface area contributed by atoms with Crippen LogP contribution in [0.4, 0.5) is 9.63 Å². The fourth-order valence-electron chi connectivity index (χ4n) is 0. The van der Waals surface area contributed by atoms with Gasteiger partial charge >= 0.3 is 38.5 Å². The molecule has 0 aromatic heterocycles. The van der Waals surface area contributed by atoms with Crippen molar-refractivity contribution in [2.45, 2.75) is 0 Å². The van der Waals surface area contributed by atoms with E-state index in [1.807, 2.05) is 0 Å². The first-order chi connectivity index (χ1) is 2.45. The van der Waals surface area contributed by atoms with Crippen LogP contribution in [0.3, 0.4) is 0 Å². The molecule has 0 N–H and O–H groups in total. The molecule has 0 radical (unpaired) electrons. The molecule has 0 nitrogen and oxygen atoms in total. The molecule has 0 unspecified atom stereocenters. The summed E-state index contributed by atoms with van der Waals surface area (Å²) >= 11 is -11.4. The first kappa shape index (κ1) is 7.77. The van der Waals surface area contributed by atoms with Crippen molar-refractivity contribution in [2.75, 3.05) is 0 Å². The Hall–Kier alpha value is 0.775. The third-order valence-electron chi connectivity index (χ3n) is 0. The van der Waals surface area contributed by atoms with E-state index in [9.17, 15) is 9.63 Å². The van der Waals surface area contributed by atoms with Gasteiger partial charge in [0.05, 0.1) is 0 Å². The monoisotopic (exact) mass is 253 g/mol. The van der Waals surface area contributed by atoms with Gasteiger partial charge in [-0.3, -0.25) is 0 Å². The van der Waals surface area contributed by atoms with Gasteiger partial charge in [0.25, 0.3) is 0 Å². The molecular formula is F6La. The fraction of sp³-hybridized carbons (Fsp3) is 0. The molecule has 0 atom stereocenters. The fourth-order valence-corrected chi connectivity index (χ4v) is 0. The Balaban J connectivity index is 4.43. The van der Waals surface area contributed by atoms with E-state index in [2.05, 4.69) is 0 Å². The SMILES string of the molecule is [F][La]([F])([F])([F])([F])[F]. The zero-order valence-corrected chi connectivity index (χ0v) is 6.47. The third-order valence-corrected chi connectivity index (χ3v) is 0. The van der Waals surface area contributed by atoms with Crippen molar-refractivity contribution >= 4 is 0 Å². The minimum absolute atomic E-state index is 9.94. The van der Waals surface area contributed by atoms with E-state index in [0.29, 0.717) is 0 Å².